The largest absolute Gasteiger partial charge is 0.321 e. The number of hydrogen-bond donors (Lipinski definition) is 1. The zero-order chi connectivity index (χ0) is 19.7. The molecule has 0 bridgehead atoms. The van der Waals surface area contributed by atoms with E-state index >= 15 is 0 Å². The molecule has 2 heterocycles. The van der Waals surface area contributed by atoms with Gasteiger partial charge in [-0.05, 0) is 39.0 Å². The number of halogens is 3. The highest BCUT2D eigenvalue weighted by molar-refractivity contribution is 7.99. The van der Waals surface area contributed by atoms with E-state index in [-0.39, 0.29) is 21.6 Å². The van der Waals surface area contributed by atoms with Crippen molar-refractivity contribution in [2.45, 2.75) is 37.5 Å². The number of rotatable bonds is 5. The molecule has 1 N–H and O–H groups in total. The summed E-state index contributed by atoms with van der Waals surface area (Å²) in [4.78, 5) is 17.4. The second-order valence-corrected chi connectivity index (χ2v) is 7.57. The number of carbonyl (C=O) groups excluding carboxylic acids is 1. The minimum Gasteiger partial charge on any atom is -0.321 e. The number of alkyl halides is 2. The molecule has 1 amide bonds. The van der Waals surface area contributed by atoms with Gasteiger partial charge in [0.05, 0.1) is 33.1 Å². The van der Waals surface area contributed by atoms with Crippen molar-refractivity contribution in [3.05, 3.63) is 46.7 Å². The molecule has 0 saturated carbocycles. The van der Waals surface area contributed by atoms with Gasteiger partial charge in [0.15, 0.2) is 5.65 Å². The van der Waals surface area contributed by atoms with E-state index < -0.39 is 11.7 Å². The number of nitrogens with zero attached hydrogens (tertiary/aromatic N) is 3. The van der Waals surface area contributed by atoms with Crippen LogP contribution in [0.3, 0.4) is 0 Å². The summed E-state index contributed by atoms with van der Waals surface area (Å²) in [5.41, 5.74) is 1.79. The third-order valence-electron chi connectivity index (χ3n) is 3.92. The first-order chi connectivity index (χ1) is 12.8. The number of fused-ring (bicyclic) bond motifs is 1. The average Bonchev–Trinajstić information content (AvgIpc) is 2.99. The highest BCUT2D eigenvalue weighted by atomic mass is 35.5. The Morgan fingerprint density at radius 3 is 2.74 bits per heavy atom. The fraction of sp³-hybridized carbons (Fsp3) is 0.278. The number of amides is 1. The molecule has 3 aromatic rings. The van der Waals surface area contributed by atoms with Crippen molar-refractivity contribution in [1.82, 2.24) is 14.8 Å². The van der Waals surface area contributed by atoms with Crippen LogP contribution in [0, 0.1) is 6.92 Å². The molecule has 0 aliphatic rings. The summed E-state index contributed by atoms with van der Waals surface area (Å²) >= 11 is 6.31. The lowest BCUT2D eigenvalue weighted by Gasteiger charge is -2.13. The lowest BCUT2D eigenvalue weighted by molar-refractivity contribution is 0.102. The average molecular weight is 411 g/mol. The topological polar surface area (TPSA) is 59.8 Å². The van der Waals surface area contributed by atoms with Crippen LogP contribution in [0.5, 0.6) is 0 Å². The molecule has 9 heteroatoms. The molecule has 2 aromatic heterocycles. The molecule has 0 radical (unpaired) electrons. The third-order valence-corrected chi connectivity index (χ3v) is 5.20. The van der Waals surface area contributed by atoms with Crippen LogP contribution in [0.15, 0.2) is 35.4 Å². The van der Waals surface area contributed by atoms with E-state index in [1.54, 1.807) is 29.9 Å². The fourth-order valence-corrected chi connectivity index (χ4v) is 3.59. The van der Waals surface area contributed by atoms with E-state index in [0.717, 1.165) is 5.39 Å². The maximum absolute atomic E-state index is 12.8. The van der Waals surface area contributed by atoms with Gasteiger partial charge >= 0.3 is 0 Å². The van der Waals surface area contributed by atoms with Crippen LogP contribution in [0.2, 0.25) is 5.02 Å². The molecule has 0 spiro atoms. The Morgan fingerprint density at radius 2 is 2.07 bits per heavy atom. The Bertz CT molecular complexity index is 1010. The molecule has 0 aliphatic carbocycles. The first-order valence-corrected chi connectivity index (χ1v) is 9.43. The van der Waals surface area contributed by atoms with Crippen molar-refractivity contribution in [3.63, 3.8) is 0 Å². The van der Waals surface area contributed by atoms with E-state index in [1.165, 1.54) is 12.1 Å². The van der Waals surface area contributed by atoms with Crippen molar-refractivity contribution in [2.24, 2.45) is 0 Å². The van der Waals surface area contributed by atoms with Gasteiger partial charge in [0.1, 0.15) is 0 Å². The summed E-state index contributed by atoms with van der Waals surface area (Å²) in [7, 11) is 0. The molecule has 27 heavy (non-hydrogen) atoms. The normalized spacial score (nSPS) is 11.6. The van der Waals surface area contributed by atoms with Crippen LogP contribution in [0.1, 0.15) is 35.9 Å². The number of pyridine rings is 1. The maximum Gasteiger partial charge on any atom is 0.289 e. The molecule has 0 atom stereocenters. The summed E-state index contributed by atoms with van der Waals surface area (Å²) in [6.07, 6.45) is 1.65. The molecular formula is C18H17ClF2N4OS. The lowest BCUT2D eigenvalue weighted by Crippen LogP contribution is -2.15. The SMILES string of the molecule is Cc1nc2c(cnn2C(C)C)cc1C(=O)Nc1cccc(Cl)c1SC(F)F. The summed E-state index contributed by atoms with van der Waals surface area (Å²) in [6.45, 7) is 5.70. The fourth-order valence-electron chi connectivity index (χ4n) is 2.68. The van der Waals surface area contributed by atoms with Crippen molar-refractivity contribution >= 4 is 46.0 Å². The third kappa shape index (κ3) is 4.06. The van der Waals surface area contributed by atoms with Gasteiger partial charge < -0.3 is 5.32 Å². The predicted molar refractivity (Wildman–Crippen MR) is 104 cm³/mol. The van der Waals surface area contributed by atoms with E-state index in [0.29, 0.717) is 28.7 Å². The van der Waals surface area contributed by atoms with E-state index in [2.05, 4.69) is 15.4 Å². The van der Waals surface area contributed by atoms with Crippen LogP contribution in [0.25, 0.3) is 11.0 Å². The van der Waals surface area contributed by atoms with Gasteiger partial charge in [-0.3, -0.25) is 4.79 Å². The minimum absolute atomic E-state index is 0.127. The van der Waals surface area contributed by atoms with E-state index in [4.69, 9.17) is 11.6 Å². The molecule has 0 fully saturated rings. The van der Waals surface area contributed by atoms with Crippen molar-refractivity contribution in [3.8, 4) is 0 Å². The zero-order valence-electron chi connectivity index (χ0n) is 14.8. The predicted octanol–water partition coefficient (Wildman–Crippen LogP) is 5.54. The summed E-state index contributed by atoms with van der Waals surface area (Å²) in [6, 6.07) is 6.46. The number of carbonyl (C=O) groups is 1. The number of nitrogens with one attached hydrogen (secondary N) is 1. The highest BCUT2D eigenvalue weighted by Gasteiger charge is 2.19. The van der Waals surface area contributed by atoms with Gasteiger partial charge in [-0.1, -0.05) is 29.4 Å². The molecule has 142 valence electrons. The maximum atomic E-state index is 12.8. The minimum atomic E-state index is -2.65. The molecule has 0 saturated heterocycles. The van der Waals surface area contributed by atoms with E-state index in [1.807, 2.05) is 13.8 Å². The number of aryl methyl sites for hydroxylation is 1. The van der Waals surface area contributed by atoms with Gasteiger partial charge in [-0.2, -0.15) is 13.9 Å². The summed E-state index contributed by atoms with van der Waals surface area (Å²) in [5, 5.41) is 7.84. The van der Waals surface area contributed by atoms with Gasteiger partial charge in [-0.15, -0.1) is 0 Å². The molecule has 0 unspecified atom stereocenters. The van der Waals surface area contributed by atoms with Gasteiger partial charge in [0.2, 0.25) is 0 Å². The highest BCUT2D eigenvalue weighted by Crippen LogP contribution is 2.37. The number of thioether (sulfide) groups is 1. The first kappa shape index (κ1) is 19.6. The number of hydrogen-bond acceptors (Lipinski definition) is 4. The Hall–Kier alpha value is -2.19. The van der Waals surface area contributed by atoms with Crippen molar-refractivity contribution in [1.29, 1.82) is 0 Å². The molecular weight excluding hydrogens is 394 g/mol. The van der Waals surface area contributed by atoms with E-state index in [9.17, 15) is 13.6 Å². The second-order valence-electron chi connectivity index (χ2n) is 6.17. The Labute approximate surface area is 164 Å². The second kappa shape index (κ2) is 7.82. The first-order valence-electron chi connectivity index (χ1n) is 8.17. The summed E-state index contributed by atoms with van der Waals surface area (Å²) in [5.74, 6) is -3.10. The lowest BCUT2D eigenvalue weighted by atomic mass is 10.1. The molecule has 1 aromatic carbocycles. The van der Waals surface area contributed by atoms with Crippen molar-refractivity contribution in [2.75, 3.05) is 5.32 Å². The quantitative estimate of drug-likeness (QED) is 0.561. The molecule has 3 rings (SSSR count). The number of aromatic nitrogens is 3. The monoisotopic (exact) mass is 410 g/mol. The zero-order valence-corrected chi connectivity index (χ0v) is 16.4. The van der Waals surface area contributed by atoms with Crippen LogP contribution < -0.4 is 5.32 Å². The van der Waals surface area contributed by atoms with Crippen LogP contribution in [0.4, 0.5) is 14.5 Å². The smallest absolute Gasteiger partial charge is 0.289 e. The van der Waals surface area contributed by atoms with Crippen LogP contribution in [-0.2, 0) is 0 Å². The Balaban J connectivity index is 1.96. The Morgan fingerprint density at radius 1 is 1.33 bits per heavy atom. The molecule has 0 aliphatic heterocycles. The van der Waals surface area contributed by atoms with Crippen LogP contribution >= 0.6 is 23.4 Å². The molecule has 5 nitrogen and oxygen atoms in total. The van der Waals surface area contributed by atoms with Crippen molar-refractivity contribution < 1.29 is 13.6 Å². The van der Waals surface area contributed by atoms with Crippen LogP contribution in [-0.4, -0.2) is 26.4 Å². The van der Waals surface area contributed by atoms with Gasteiger partial charge in [0.25, 0.3) is 11.7 Å². The Kier molecular flexibility index (Phi) is 5.67. The number of anilines is 1. The number of benzene rings is 1. The summed E-state index contributed by atoms with van der Waals surface area (Å²) < 4.78 is 27.4. The van der Waals surface area contributed by atoms with Gasteiger partial charge in [-0.25, -0.2) is 9.67 Å². The standard InChI is InChI=1S/C18H17ClF2N4OS/c1-9(2)25-16-11(8-22-25)7-12(10(3)23-16)17(26)24-14-6-4-5-13(19)15(14)27-18(20)21/h4-9,18H,1-3H3,(H,24,26). The van der Waals surface area contributed by atoms with Gasteiger partial charge in [0, 0.05) is 11.4 Å².